The maximum absolute atomic E-state index is 11.2. The summed E-state index contributed by atoms with van der Waals surface area (Å²) < 4.78 is 11.2. The highest BCUT2D eigenvalue weighted by Gasteiger charge is 2.14. The third-order valence-corrected chi connectivity index (χ3v) is 4.86. The van der Waals surface area contributed by atoms with Gasteiger partial charge in [-0.05, 0) is 56.2 Å². The van der Waals surface area contributed by atoms with Gasteiger partial charge in [-0.3, -0.25) is 4.21 Å². The van der Waals surface area contributed by atoms with Crippen LogP contribution in [0, 0.1) is 0 Å². The van der Waals surface area contributed by atoms with Gasteiger partial charge in [-0.25, -0.2) is 0 Å². The number of hydrogen-bond acceptors (Lipinski definition) is 2. The van der Waals surface area contributed by atoms with Gasteiger partial charge >= 0.3 is 0 Å². The van der Waals surface area contributed by atoms with Gasteiger partial charge in [0.1, 0.15) is 0 Å². The zero-order valence-electron chi connectivity index (χ0n) is 12.2. The second-order valence-electron chi connectivity index (χ2n) is 5.76. The minimum atomic E-state index is -0.733. The minimum Gasteiger partial charge on any atom is -0.307 e. The lowest BCUT2D eigenvalue weighted by atomic mass is 9.89. The molecule has 0 spiro atoms. The van der Waals surface area contributed by atoms with E-state index in [1.807, 2.05) is 0 Å². The Kier molecular flexibility index (Phi) is 5.17. The van der Waals surface area contributed by atoms with Gasteiger partial charge in [0.15, 0.2) is 0 Å². The fourth-order valence-electron chi connectivity index (χ4n) is 2.95. The Morgan fingerprint density at radius 1 is 1.21 bits per heavy atom. The zero-order chi connectivity index (χ0) is 13.8. The van der Waals surface area contributed by atoms with E-state index in [-0.39, 0.29) is 6.04 Å². The van der Waals surface area contributed by atoms with Crippen LogP contribution in [0.15, 0.2) is 18.2 Å². The Morgan fingerprint density at radius 3 is 2.58 bits per heavy atom. The predicted octanol–water partition coefficient (Wildman–Crippen LogP) is 2.98. The Balaban J connectivity index is 2.02. The van der Waals surface area contributed by atoms with Gasteiger partial charge in [-0.1, -0.05) is 18.2 Å². The molecule has 0 saturated heterocycles. The van der Waals surface area contributed by atoms with E-state index in [4.69, 9.17) is 0 Å². The molecule has 0 radical (unpaired) electrons. The number of hydrogen-bond donors (Lipinski definition) is 1. The van der Waals surface area contributed by atoms with E-state index in [0.29, 0.717) is 6.04 Å². The molecule has 1 aliphatic carbocycles. The Hall–Kier alpha value is -0.670. The number of fused-ring (bicyclic) bond motifs is 1. The highest BCUT2D eigenvalue weighted by molar-refractivity contribution is 7.84. The third-order valence-electron chi connectivity index (χ3n) is 3.89. The Bertz CT molecular complexity index is 458. The van der Waals surface area contributed by atoms with E-state index in [9.17, 15) is 4.21 Å². The highest BCUT2D eigenvalue weighted by atomic mass is 32.2. The Morgan fingerprint density at radius 2 is 1.89 bits per heavy atom. The monoisotopic (exact) mass is 279 g/mol. The second-order valence-corrected chi connectivity index (χ2v) is 7.24. The standard InChI is InChI=1S/C16H25NOS/c1-12(11-19(3)18)17-13(2)15-9-8-14-6-4-5-7-16(14)10-15/h8-10,12-13,17H,4-7,11H2,1-3H3. The van der Waals surface area contributed by atoms with Crippen molar-refractivity contribution in [1.82, 2.24) is 5.32 Å². The molecule has 1 N–H and O–H groups in total. The van der Waals surface area contributed by atoms with Gasteiger partial charge in [0.25, 0.3) is 0 Å². The summed E-state index contributed by atoms with van der Waals surface area (Å²) in [5, 5.41) is 3.54. The van der Waals surface area contributed by atoms with Crippen LogP contribution in [0.25, 0.3) is 0 Å². The molecule has 1 aromatic rings. The lowest BCUT2D eigenvalue weighted by molar-refractivity contribution is 0.507. The molecule has 0 fully saturated rings. The molecule has 0 saturated carbocycles. The summed E-state index contributed by atoms with van der Waals surface area (Å²) in [7, 11) is -0.733. The van der Waals surface area contributed by atoms with E-state index in [2.05, 4.69) is 37.4 Å². The molecule has 0 aromatic heterocycles. The van der Waals surface area contributed by atoms with E-state index < -0.39 is 10.8 Å². The summed E-state index contributed by atoms with van der Waals surface area (Å²) in [6, 6.07) is 7.52. The fourth-order valence-corrected chi connectivity index (χ4v) is 3.75. The molecule has 3 heteroatoms. The van der Waals surface area contributed by atoms with Crippen molar-refractivity contribution in [2.24, 2.45) is 0 Å². The lowest BCUT2D eigenvalue weighted by Gasteiger charge is -2.22. The molecule has 3 atom stereocenters. The number of nitrogens with one attached hydrogen (secondary N) is 1. The quantitative estimate of drug-likeness (QED) is 0.898. The smallest absolute Gasteiger partial charge is 0.0383 e. The molecule has 0 heterocycles. The van der Waals surface area contributed by atoms with Crippen LogP contribution >= 0.6 is 0 Å². The average Bonchev–Trinajstić information content (AvgIpc) is 2.37. The highest BCUT2D eigenvalue weighted by Crippen LogP contribution is 2.24. The summed E-state index contributed by atoms with van der Waals surface area (Å²) in [5.74, 6) is 0.718. The zero-order valence-corrected chi connectivity index (χ0v) is 13.1. The molecule has 3 unspecified atom stereocenters. The van der Waals surface area contributed by atoms with Gasteiger partial charge in [0, 0.05) is 34.9 Å². The number of benzene rings is 1. The van der Waals surface area contributed by atoms with Gasteiger partial charge < -0.3 is 5.32 Å². The maximum atomic E-state index is 11.2. The summed E-state index contributed by atoms with van der Waals surface area (Å²) in [6.07, 6.45) is 6.89. The van der Waals surface area contributed by atoms with Crippen LogP contribution in [0.1, 0.15) is 49.4 Å². The van der Waals surface area contributed by atoms with Crippen LogP contribution in [-0.2, 0) is 23.6 Å². The van der Waals surface area contributed by atoms with E-state index in [0.717, 1.165) is 5.75 Å². The van der Waals surface area contributed by atoms with E-state index in [1.54, 1.807) is 6.26 Å². The molecule has 2 nitrogen and oxygen atoms in total. The lowest BCUT2D eigenvalue weighted by Crippen LogP contribution is -2.33. The number of aryl methyl sites for hydroxylation is 2. The first-order valence-corrected chi connectivity index (χ1v) is 8.96. The van der Waals surface area contributed by atoms with Gasteiger partial charge in [0.2, 0.25) is 0 Å². The van der Waals surface area contributed by atoms with Crippen molar-refractivity contribution in [3.8, 4) is 0 Å². The van der Waals surface area contributed by atoms with Gasteiger partial charge in [0.05, 0.1) is 0 Å². The normalized spacial score (nSPS) is 19.5. The number of rotatable bonds is 5. The van der Waals surface area contributed by atoms with Crippen molar-refractivity contribution in [2.45, 2.75) is 51.6 Å². The fraction of sp³-hybridized carbons (Fsp3) is 0.625. The molecular weight excluding hydrogens is 254 g/mol. The van der Waals surface area contributed by atoms with Crippen molar-refractivity contribution in [2.75, 3.05) is 12.0 Å². The van der Waals surface area contributed by atoms with Crippen LogP contribution in [0.3, 0.4) is 0 Å². The van der Waals surface area contributed by atoms with Crippen molar-refractivity contribution < 1.29 is 4.21 Å². The second kappa shape index (κ2) is 6.67. The molecular formula is C16H25NOS. The van der Waals surface area contributed by atoms with Crippen LogP contribution in [0.5, 0.6) is 0 Å². The van der Waals surface area contributed by atoms with Crippen LogP contribution in [0.4, 0.5) is 0 Å². The SMILES string of the molecule is CC(CS(C)=O)NC(C)c1ccc2c(c1)CCCC2. The van der Waals surface area contributed by atoms with Crippen molar-refractivity contribution >= 4 is 10.8 Å². The molecule has 1 aliphatic rings. The molecule has 1 aromatic carbocycles. The van der Waals surface area contributed by atoms with Crippen molar-refractivity contribution in [3.05, 3.63) is 34.9 Å². The molecule has 0 amide bonds. The average molecular weight is 279 g/mol. The summed E-state index contributed by atoms with van der Waals surface area (Å²) in [4.78, 5) is 0. The first-order chi connectivity index (χ1) is 9.06. The van der Waals surface area contributed by atoms with Crippen molar-refractivity contribution in [1.29, 1.82) is 0 Å². The molecule has 106 valence electrons. The van der Waals surface area contributed by atoms with E-state index in [1.165, 1.54) is 42.4 Å². The van der Waals surface area contributed by atoms with Crippen LogP contribution in [0.2, 0.25) is 0 Å². The van der Waals surface area contributed by atoms with Crippen LogP contribution in [-0.4, -0.2) is 22.3 Å². The van der Waals surface area contributed by atoms with E-state index >= 15 is 0 Å². The Labute approximate surface area is 119 Å². The minimum absolute atomic E-state index is 0.289. The largest absolute Gasteiger partial charge is 0.307 e. The van der Waals surface area contributed by atoms with Gasteiger partial charge in [-0.2, -0.15) is 0 Å². The summed E-state index contributed by atoms with van der Waals surface area (Å²) >= 11 is 0. The van der Waals surface area contributed by atoms with Crippen LogP contribution < -0.4 is 5.32 Å². The first-order valence-electron chi connectivity index (χ1n) is 7.24. The molecule has 2 rings (SSSR count). The maximum Gasteiger partial charge on any atom is 0.0383 e. The van der Waals surface area contributed by atoms with Gasteiger partial charge in [-0.15, -0.1) is 0 Å². The third kappa shape index (κ3) is 4.15. The molecule has 0 bridgehead atoms. The van der Waals surface area contributed by atoms with Crippen molar-refractivity contribution in [3.63, 3.8) is 0 Å². The topological polar surface area (TPSA) is 29.1 Å². The molecule has 19 heavy (non-hydrogen) atoms. The first kappa shape index (κ1) is 14.7. The molecule has 0 aliphatic heterocycles. The predicted molar refractivity (Wildman–Crippen MR) is 83.0 cm³/mol. The summed E-state index contributed by atoms with van der Waals surface area (Å²) in [6.45, 7) is 4.30. The summed E-state index contributed by atoms with van der Waals surface area (Å²) in [5.41, 5.74) is 4.42.